The molecule has 6 nitrogen and oxygen atoms in total. The van der Waals surface area contributed by atoms with Crippen LogP contribution in [0, 0.1) is 5.41 Å². The van der Waals surface area contributed by atoms with Crippen molar-refractivity contribution in [3.63, 3.8) is 0 Å². The second kappa shape index (κ2) is 2.44. The number of carboxylic acid groups (broad SMARTS) is 2. The van der Waals surface area contributed by atoms with E-state index in [2.05, 4.69) is 0 Å². The van der Waals surface area contributed by atoms with Gasteiger partial charge in [-0.25, -0.2) is 8.42 Å². The van der Waals surface area contributed by atoms with Gasteiger partial charge in [-0.2, -0.15) is 0 Å². The fraction of sp³-hybridized carbons (Fsp3) is 0.667. The second-order valence-electron chi connectivity index (χ2n) is 3.10. The summed E-state index contributed by atoms with van der Waals surface area (Å²) in [5.41, 5.74) is -2.10. The van der Waals surface area contributed by atoms with E-state index in [0.717, 1.165) is 6.26 Å². The summed E-state index contributed by atoms with van der Waals surface area (Å²) < 4.78 is 21.8. The molecule has 0 spiro atoms. The van der Waals surface area contributed by atoms with Crippen molar-refractivity contribution in [3.8, 4) is 0 Å². The third-order valence-corrected chi connectivity index (χ3v) is 3.78. The van der Waals surface area contributed by atoms with Gasteiger partial charge in [0.15, 0.2) is 15.3 Å². The van der Waals surface area contributed by atoms with E-state index in [1.165, 1.54) is 0 Å². The molecule has 0 aromatic rings. The third-order valence-electron chi connectivity index (χ3n) is 2.18. The van der Waals surface area contributed by atoms with Crippen LogP contribution in [0.25, 0.3) is 0 Å². The number of carboxylic acids is 2. The predicted octanol–water partition coefficient (Wildman–Crippen LogP) is -1.04. The lowest BCUT2D eigenvalue weighted by atomic mass is 10.1. The highest BCUT2D eigenvalue weighted by atomic mass is 32.2. The minimum absolute atomic E-state index is 0.337. The maximum Gasteiger partial charge on any atom is 0.322 e. The first-order chi connectivity index (χ1) is 5.73. The molecule has 0 aromatic heterocycles. The second-order valence-corrected chi connectivity index (χ2v) is 5.33. The van der Waals surface area contributed by atoms with Gasteiger partial charge in [0.25, 0.3) is 0 Å². The first kappa shape index (κ1) is 9.97. The number of hydrogen-bond acceptors (Lipinski definition) is 4. The zero-order chi connectivity index (χ0) is 10.4. The van der Waals surface area contributed by atoms with E-state index in [9.17, 15) is 18.0 Å². The number of rotatable bonds is 3. The molecule has 1 fully saturated rings. The smallest absolute Gasteiger partial charge is 0.322 e. The Balaban J connectivity index is 3.06. The average molecular weight is 208 g/mol. The fourth-order valence-corrected chi connectivity index (χ4v) is 2.79. The largest absolute Gasteiger partial charge is 0.480 e. The molecule has 7 heteroatoms. The summed E-state index contributed by atoms with van der Waals surface area (Å²) in [6.07, 6.45) is 0.502. The van der Waals surface area contributed by atoms with Crippen molar-refractivity contribution < 1.29 is 28.2 Å². The first-order valence-electron chi connectivity index (χ1n) is 3.38. The van der Waals surface area contributed by atoms with Crippen molar-refractivity contribution in [2.45, 2.75) is 11.7 Å². The van der Waals surface area contributed by atoms with Crippen molar-refractivity contribution in [1.82, 2.24) is 0 Å². The molecule has 0 amide bonds. The van der Waals surface area contributed by atoms with Gasteiger partial charge in [-0.05, 0) is 6.42 Å². The van der Waals surface area contributed by atoms with E-state index in [4.69, 9.17) is 10.2 Å². The lowest BCUT2D eigenvalue weighted by molar-refractivity contribution is -0.156. The van der Waals surface area contributed by atoms with Gasteiger partial charge in [0.2, 0.25) is 0 Å². The Hall–Kier alpha value is -1.11. The molecular formula is C6H8O6S. The molecule has 1 saturated carbocycles. The van der Waals surface area contributed by atoms with E-state index < -0.39 is 32.4 Å². The van der Waals surface area contributed by atoms with E-state index >= 15 is 0 Å². The van der Waals surface area contributed by atoms with Crippen molar-refractivity contribution in [2.24, 2.45) is 5.41 Å². The fourth-order valence-electron chi connectivity index (χ4n) is 1.29. The summed E-state index contributed by atoms with van der Waals surface area (Å²) in [5, 5.41) is 15.8. The van der Waals surface area contributed by atoms with Crippen LogP contribution in [0.15, 0.2) is 0 Å². The molecule has 1 aliphatic carbocycles. The minimum Gasteiger partial charge on any atom is -0.480 e. The summed E-state index contributed by atoms with van der Waals surface area (Å²) in [5.74, 6) is -3.18. The summed E-state index contributed by atoms with van der Waals surface area (Å²) in [6.45, 7) is 0. The number of aliphatic carboxylic acids is 2. The molecule has 0 bridgehead atoms. The molecule has 13 heavy (non-hydrogen) atoms. The Labute approximate surface area is 74.1 Å². The van der Waals surface area contributed by atoms with Crippen LogP contribution in [-0.2, 0) is 19.4 Å². The molecular weight excluding hydrogens is 200 g/mol. The van der Waals surface area contributed by atoms with E-state index in [1.807, 2.05) is 0 Å². The molecule has 2 N–H and O–H groups in total. The maximum absolute atomic E-state index is 10.9. The van der Waals surface area contributed by atoms with Crippen LogP contribution >= 0.6 is 0 Å². The van der Waals surface area contributed by atoms with Crippen LogP contribution in [0.5, 0.6) is 0 Å². The highest BCUT2D eigenvalue weighted by molar-refractivity contribution is 7.91. The zero-order valence-corrected chi connectivity index (χ0v) is 7.54. The molecule has 0 radical (unpaired) electrons. The van der Waals surface area contributed by atoms with Gasteiger partial charge >= 0.3 is 11.9 Å². The van der Waals surface area contributed by atoms with Crippen LogP contribution < -0.4 is 0 Å². The summed E-state index contributed by atoms with van der Waals surface area (Å²) >= 11 is 0. The highest BCUT2D eigenvalue weighted by Crippen LogP contribution is 2.50. The maximum atomic E-state index is 10.9. The molecule has 0 aliphatic heterocycles. The van der Waals surface area contributed by atoms with Gasteiger partial charge in [-0.1, -0.05) is 0 Å². The third kappa shape index (κ3) is 1.28. The Kier molecular flexibility index (Phi) is 1.87. The Bertz CT molecular complexity index is 353. The minimum atomic E-state index is -3.59. The van der Waals surface area contributed by atoms with Crippen molar-refractivity contribution in [2.75, 3.05) is 6.26 Å². The van der Waals surface area contributed by atoms with Crippen molar-refractivity contribution >= 4 is 21.8 Å². The molecule has 0 saturated heterocycles. The van der Waals surface area contributed by atoms with Gasteiger partial charge in [-0.3, -0.25) is 9.59 Å². The van der Waals surface area contributed by atoms with Gasteiger partial charge in [0.1, 0.15) is 0 Å². The topological polar surface area (TPSA) is 109 Å². The monoisotopic (exact) mass is 208 g/mol. The lowest BCUT2D eigenvalue weighted by Gasteiger charge is -2.04. The number of carbonyl (C=O) groups is 2. The van der Waals surface area contributed by atoms with Gasteiger partial charge in [-0.15, -0.1) is 0 Å². The standard InChI is InChI=1S/C6H8O6S/c1-13(11,12)3-2-6(3,4(7)8)5(9)10/h3H,2H2,1H3,(H,7,8)(H,9,10)/t3-/m0/s1. The van der Waals surface area contributed by atoms with Crippen LogP contribution in [0.3, 0.4) is 0 Å². The number of sulfone groups is 1. The van der Waals surface area contributed by atoms with E-state index in [-0.39, 0.29) is 6.42 Å². The SMILES string of the molecule is CS(=O)(=O)[C@H]1CC1(C(=O)O)C(=O)O. The average Bonchev–Trinajstić information content (AvgIpc) is 2.58. The molecule has 0 heterocycles. The zero-order valence-electron chi connectivity index (χ0n) is 6.72. The first-order valence-corrected chi connectivity index (χ1v) is 5.34. The molecule has 1 rings (SSSR count). The van der Waals surface area contributed by atoms with Gasteiger partial charge in [0, 0.05) is 6.26 Å². The Morgan fingerprint density at radius 1 is 1.31 bits per heavy atom. The summed E-state index contributed by atoms with van der Waals surface area (Å²) in [6, 6.07) is 0. The normalized spacial score (nSPS) is 25.2. The van der Waals surface area contributed by atoms with Crippen LogP contribution in [0.1, 0.15) is 6.42 Å². The summed E-state index contributed by atoms with van der Waals surface area (Å²) in [7, 11) is -3.59. The lowest BCUT2D eigenvalue weighted by Crippen LogP contribution is -2.31. The van der Waals surface area contributed by atoms with Crippen LogP contribution in [0.2, 0.25) is 0 Å². The van der Waals surface area contributed by atoms with Crippen LogP contribution in [-0.4, -0.2) is 42.1 Å². The summed E-state index contributed by atoms with van der Waals surface area (Å²) in [4.78, 5) is 21.1. The molecule has 0 aromatic carbocycles. The van der Waals surface area contributed by atoms with Gasteiger partial charge < -0.3 is 10.2 Å². The quantitative estimate of drug-likeness (QED) is 0.573. The predicted molar refractivity (Wildman–Crippen MR) is 41.0 cm³/mol. The van der Waals surface area contributed by atoms with Crippen LogP contribution in [0.4, 0.5) is 0 Å². The Morgan fingerprint density at radius 3 is 1.77 bits per heavy atom. The van der Waals surface area contributed by atoms with E-state index in [1.54, 1.807) is 0 Å². The van der Waals surface area contributed by atoms with Crippen molar-refractivity contribution in [3.05, 3.63) is 0 Å². The molecule has 1 aliphatic rings. The molecule has 74 valence electrons. The number of hydrogen-bond donors (Lipinski definition) is 2. The van der Waals surface area contributed by atoms with E-state index in [0.29, 0.717) is 0 Å². The van der Waals surface area contributed by atoms with Gasteiger partial charge in [0.05, 0.1) is 5.25 Å². The highest BCUT2D eigenvalue weighted by Gasteiger charge is 2.71. The van der Waals surface area contributed by atoms with Crippen molar-refractivity contribution in [1.29, 1.82) is 0 Å². The Morgan fingerprint density at radius 2 is 1.69 bits per heavy atom. The molecule has 1 atom stereocenters. The molecule has 0 unspecified atom stereocenters.